The highest BCUT2D eigenvalue weighted by molar-refractivity contribution is 7.88. The SMILES string of the molecule is COCCN1CCCN(C(=O)C2CCCN2S(C)(=O)=O)CC1. The molecule has 0 aromatic rings. The summed E-state index contributed by atoms with van der Waals surface area (Å²) in [6, 6.07) is -0.500. The molecule has 1 unspecified atom stereocenters. The standard InChI is InChI=1S/C14H27N3O4S/c1-21-12-11-15-6-4-7-16(10-9-15)14(18)13-5-3-8-17(13)22(2,19)20/h13H,3-12H2,1-2H3. The molecule has 2 rings (SSSR count). The summed E-state index contributed by atoms with van der Waals surface area (Å²) in [5, 5.41) is 0. The Morgan fingerprint density at radius 1 is 1.14 bits per heavy atom. The Morgan fingerprint density at radius 2 is 1.91 bits per heavy atom. The van der Waals surface area contributed by atoms with E-state index in [1.807, 2.05) is 4.90 Å². The lowest BCUT2D eigenvalue weighted by molar-refractivity contribution is -0.134. The molecular weight excluding hydrogens is 306 g/mol. The molecule has 22 heavy (non-hydrogen) atoms. The first-order valence-electron chi connectivity index (χ1n) is 7.90. The van der Waals surface area contributed by atoms with E-state index >= 15 is 0 Å². The van der Waals surface area contributed by atoms with E-state index in [-0.39, 0.29) is 5.91 Å². The fourth-order valence-corrected chi connectivity index (χ4v) is 4.35. The van der Waals surface area contributed by atoms with Crippen molar-refractivity contribution in [2.45, 2.75) is 25.3 Å². The van der Waals surface area contributed by atoms with Gasteiger partial charge >= 0.3 is 0 Å². The lowest BCUT2D eigenvalue weighted by Gasteiger charge is -2.28. The van der Waals surface area contributed by atoms with Crippen LogP contribution in [0.5, 0.6) is 0 Å². The van der Waals surface area contributed by atoms with Crippen LogP contribution in [-0.4, -0.2) is 93.7 Å². The number of carbonyl (C=O) groups excluding carboxylic acids is 1. The number of amides is 1. The monoisotopic (exact) mass is 333 g/mol. The van der Waals surface area contributed by atoms with E-state index in [0.717, 1.165) is 32.5 Å². The minimum Gasteiger partial charge on any atom is -0.383 e. The van der Waals surface area contributed by atoms with Crippen LogP contribution >= 0.6 is 0 Å². The quantitative estimate of drug-likeness (QED) is 0.684. The summed E-state index contributed by atoms with van der Waals surface area (Å²) < 4.78 is 30.1. The number of ether oxygens (including phenoxy) is 1. The number of sulfonamides is 1. The van der Waals surface area contributed by atoms with Crippen molar-refractivity contribution in [2.24, 2.45) is 0 Å². The molecule has 1 amide bonds. The van der Waals surface area contributed by atoms with Gasteiger partial charge in [-0.2, -0.15) is 4.31 Å². The molecule has 0 spiro atoms. The van der Waals surface area contributed by atoms with Crippen molar-refractivity contribution in [1.29, 1.82) is 0 Å². The van der Waals surface area contributed by atoms with E-state index < -0.39 is 16.1 Å². The maximum atomic E-state index is 12.7. The van der Waals surface area contributed by atoms with E-state index in [9.17, 15) is 13.2 Å². The normalized spacial score (nSPS) is 25.4. The average Bonchev–Trinajstić information content (AvgIpc) is 2.85. The highest BCUT2D eigenvalue weighted by atomic mass is 32.2. The molecule has 1 atom stereocenters. The van der Waals surface area contributed by atoms with Gasteiger partial charge in [-0.15, -0.1) is 0 Å². The van der Waals surface area contributed by atoms with Crippen LogP contribution in [0.15, 0.2) is 0 Å². The molecule has 2 saturated heterocycles. The average molecular weight is 333 g/mol. The summed E-state index contributed by atoms with van der Waals surface area (Å²) in [6.45, 7) is 5.17. The smallest absolute Gasteiger partial charge is 0.241 e. The second-order valence-electron chi connectivity index (χ2n) is 6.05. The summed E-state index contributed by atoms with van der Waals surface area (Å²) in [4.78, 5) is 16.8. The van der Waals surface area contributed by atoms with Crippen molar-refractivity contribution < 1.29 is 17.9 Å². The molecule has 0 N–H and O–H groups in total. The van der Waals surface area contributed by atoms with Crippen molar-refractivity contribution >= 4 is 15.9 Å². The zero-order valence-corrected chi connectivity index (χ0v) is 14.3. The number of rotatable bonds is 5. The molecule has 2 fully saturated rings. The Labute approximate surface area is 133 Å². The van der Waals surface area contributed by atoms with Gasteiger partial charge in [0.15, 0.2) is 0 Å². The number of hydrogen-bond donors (Lipinski definition) is 0. The largest absolute Gasteiger partial charge is 0.383 e. The van der Waals surface area contributed by atoms with Gasteiger partial charge in [0.05, 0.1) is 12.9 Å². The van der Waals surface area contributed by atoms with Gasteiger partial charge in [0.25, 0.3) is 0 Å². The molecule has 0 radical (unpaired) electrons. The molecule has 8 heteroatoms. The van der Waals surface area contributed by atoms with Crippen LogP contribution in [-0.2, 0) is 19.6 Å². The predicted molar refractivity (Wildman–Crippen MR) is 84.1 cm³/mol. The van der Waals surface area contributed by atoms with Crippen LogP contribution in [0.4, 0.5) is 0 Å². The first kappa shape index (κ1) is 17.7. The Hall–Kier alpha value is -0.700. The molecule has 2 heterocycles. The van der Waals surface area contributed by atoms with Crippen molar-refractivity contribution in [3.8, 4) is 0 Å². The molecule has 2 aliphatic heterocycles. The van der Waals surface area contributed by atoms with Gasteiger partial charge in [-0.1, -0.05) is 0 Å². The maximum absolute atomic E-state index is 12.7. The fraction of sp³-hybridized carbons (Fsp3) is 0.929. The Balaban J connectivity index is 1.95. The zero-order valence-electron chi connectivity index (χ0n) is 13.5. The molecule has 0 saturated carbocycles. The summed E-state index contributed by atoms with van der Waals surface area (Å²) in [7, 11) is -1.62. The van der Waals surface area contributed by atoms with Crippen molar-refractivity contribution in [3.63, 3.8) is 0 Å². The molecule has 7 nitrogen and oxygen atoms in total. The van der Waals surface area contributed by atoms with E-state index in [1.54, 1.807) is 7.11 Å². The number of nitrogens with zero attached hydrogens (tertiary/aromatic N) is 3. The van der Waals surface area contributed by atoms with E-state index in [0.29, 0.717) is 32.7 Å². The number of hydrogen-bond acceptors (Lipinski definition) is 5. The molecule has 0 bridgehead atoms. The van der Waals surface area contributed by atoms with Gasteiger partial charge in [0.1, 0.15) is 6.04 Å². The van der Waals surface area contributed by atoms with Gasteiger partial charge in [0.2, 0.25) is 15.9 Å². The topological polar surface area (TPSA) is 70.2 Å². The number of methoxy groups -OCH3 is 1. The lowest BCUT2D eigenvalue weighted by Crippen LogP contribution is -2.48. The summed E-state index contributed by atoms with van der Waals surface area (Å²) >= 11 is 0. The highest BCUT2D eigenvalue weighted by Gasteiger charge is 2.38. The molecule has 128 valence electrons. The van der Waals surface area contributed by atoms with Crippen LogP contribution in [0.25, 0.3) is 0 Å². The van der Waals surface area contributed by atoms with Gasteiger partial charge in [-0.3, -0.25) is 9.69 Å². The van der Waals surface area contributed by atoms with Gasteiger partial charge in [0, 0.05) is 39.8 Å². The Kier molecular flexibility index (Phi) is 6.19. The van der Waals surface area contributed by atoms with Crippen LogP contribution in [0.1, 0.15) is 19.3 Å². The van der Waals surface area contributed by atoms with E-state index in [2.05, 4.69) is 4.90 Å². The molecule has 0 aliphatic carbocycles. The summed E-state index contributed by atoms with van der Waals surface area (Å²) in [6.07, 6.45) is 3.50. The Bertz CT molecular complexity index is 482. The van der Waals surface area contributed by atoms with Crippen LogP contribution in [0, 0.1) is 0 Å². The van der Waals surface area contributed by atoms with Crippen molar-refractivity contribution in [3.05, 3.63) is 0 Å². The molecule has 2 aliphatic rings. The van der Waals surface area contributed by atoms with Crippen molar-refractivity contribution in [1.82, 2.24) is 14.1 Å². The van der Waals surface area contributed by atoms with Crippen LogP contribution < -0.4 is 0 Å². The second-order valence-corrected chi connectivity index (χ2v) is 7.98. The third kappa shape index (κ3) is 4.41. The fourth-order valence-electron chi connectivity index (χ4n) is 3.23. The van der Waals surface area contributed by atoms with Crippen LogP contribution in [0.3, 0.4) is 0 Å². The number of carbonyl (C=O) groups is 1. The maximum Gasteiger partial charge on any atom is 0.241 e. The molecule has 0 aromatic heterocycles. The predicted octanol–water partition coefficient (Wildman–Crippen LogP) is -0.409. The third-order valence-electron chi connectivity index (χ3n) is 4.43. The Morgan fingerprint density at radius 3 is 2.59 bits per heavy atom. The van der Waals surface area contributed by atoms with Crippen molar-refractivity contribution in [2.75, 3.05) is 59.2 Å². The van der Waals surface area contributed by atoms with Gasteiger partial charge in [-0.05, 0) is 25.8 Å². The minimum absolute atomic E-state index is 0.0310. The van der Waals surface area contributed by atoms with Crippen LogP contribution in [0.2, 0.25) is 0 Å². The lowest BCUT2D eigenvalue weighted by atomic mass is 10.2. The minimum atomic E-state index is -3.31. The van der Waals surface area contributed by atoms with Gasteiger partial charge in [-0.25, -0.2) is 8.42 Å². The first-order valence-corrected chi connectivity index (χ1v) is 9.75. The first-order chi connectivity index (χ1) is 10.4. The molecule has 0 aromatic carbocycles. The zero-order chi connectivity index (χ0) is 16.2. The van der Waals surface area contributed by atoms with E-state index in [4.69, 9.17) is 4.74 Å². The highest BCUT2D eigenvalue weighted by Crippen LogP contribution is 2.22. The summed E-state index contributed by atoms with van der Waals surface area (Å²) in [5.41, 5.74) is 0. The van der Waals surface area contributed by atoms with E-state index in [1.165, 1.54) is 10.6 Å². The second kappa shape index (κ2) is 7.72. The summed E-state index contributed by atoms with van der Waals surface area (Å²) in [5.74, 6) is -0.0310. The molecular formula is C14H27N3O4S. The van der Waals surface area contributed by atoms with Gasteiger partial charge < -0.3 is 9.64 Å². The third-order valence-corrected chi connectivity index (χ3v) is 5.72.